The third-order valence-corrected chi connectivity index (χ3v) is 7.11. The first-order valence-corrected chi connectivity index (χ1v) is 12.0. The Balaban J connectivity index is 1.44. The predicted octanol–water partition coefficient (Wildman–Crippen LogP) is 4.19. The maximum absolute atomic E-state index is 13.6. The second-order valence-electron chi connectivity index (χ2n) is 9.30. The van der Waals surface area contributed by atoms with Crippen LogP contribution in [-0.4, -0.2) is 30.0 Å². The van der Waals surface area contributed by atoms with Crippen LogP contribution < -0.4 is 29.9 Å². The quantitative estimate of drug-likeness (QED) is 0.262. The molecule has 2 N–H and O–H groups in total. The summed E-state index contributed by atoms with van der Waals surface area (Å²) in [5.74, 6) is -0.0975. The lowest BCUT2D eigenvalue weighted by Crippen LogP contribution is -2.26. The van der Waals surface area contributed by atoms with E-state index >= 15 is 0 Å². The van der Waals surface area contributed by atoms with Gasteiger partial charge in [0.2, 0.25) is 12.2 Å². The predicted molar refractivity (Wildman–Crippen MR) is 139 cm³/mol. The molecule has 2 aliphatic heterocycles. The van der Waals surface area contributed by atoms with Gasteiger partial charge in [-0.05, 0) is 29.8 Å². The van der Waals surface area contributed by atoms with E-state index in [9.17, 15) is 19.5 Å². The van der Waals surface area contributed by atoms with Crippen molar-refractivity contribution in [2.45, 2.75) is 12.3 Å². The highest BCUT2D eigenvalue weighted by atomic mass is 16.7. The van der Waals surface area contributed by atoms with E-state index in [0.29, 0.717) is 39.3 Å². The van der Waals surface area contributed by atoms with Crippen molar-refractivity contribution in [1.82, 2.24) is 4.98 Å². The minimum atomic E-state index is -0.807. The Kier molecular flexibility index (Phi) is 4.93. The van der Waals surface area contributed by atoms with E-state index in [0.717, 1.165) is 0 Å². The molecule has 0 aliphatic carbocycles. The average molecular weight is 525 g/mol. The van der Waals surface area contributed by atoms with Gasteiger partial charge in [-0.25, -0.2) is 0 Å². The molecule has 0 amide bonds. The summed E-state index contributed by atoms with van der Waals surface area (Å²) in [4.78, 5) is 42.3. The van der Waals surface area contributed by atoms with E-state index in [-0.39, 0.29) is 41.1 Å². The lowest BCUT2D eigenvalue weighted by Gasteiger charge is -2.25. The third kappa shape index (κ3) is 3.52. The number of methoxy groups -OCH3 is 1. The summed E-state index contributed by atoms with van der Waals surface area (Å²) in [7, 11) is 1.54. The van der Waals surface area contributed by atoms with Crippen molar-refractivity contribution in [2.24, 2.45) is 0 Å². The number of benzene rings is 3. The fourth-order valence-corrected chi connectivity index (χ4v) is 5.24. The lowest BCUT2D eigenvalue weighted by molar-refractivity contribution is -0.135. The van der Waals surface area contributed by atoms with Crippen LogP contribution in [0.1, 0.15) is 23.5 Å². The van der Waals surface area contributed by atoms with E-state index in [4.69, 9.17) is 23.4 Å². The van der Waals surface area contributed by atoms with E-state index in [1.165, 1.54) is 12.3 Å². The zero-order valence-corrected chi connectivity index (χ0v) is 20.4. The van der Waals surface area contributed by atoms with E-state index in [1.807, 2.05) is 0 Å². The fourth-order valence-electron chi connectivity index (χ4n) is 5.24. The first-order valence-electron chi connectivity index (χ1n) is 12.0. The number of hydrogen-bond acceptors (Lipinski definition) is 9. The van der Waals surface area contributed by atoms with Crippen LogP contribution in [0.15, 0.2) is 68.8 Å². The molecule has 7 rings (SSSR count). The Morgan fingerprint density at radius 2 is 1.74 bits per heavy atom. The Morgan fingerprint density at radius 3 is 2.51 bits per heavy atom. The number of fused-ring (bicyclic) bond motifs is 5. The fraction of sp³-hybridized carbons (Fsp3) is 0.138. The van der Waals surface area contributed by atoms with Crippen molar-refractivity contribution in [2.75, 3.05) is 13.9 Å². The van der Waals surface area contributed by atoms with Gasteiger partial charge in [-0.2, -0.15) is 0 Å². The number of esters is 1. The largest absolute Gasteiger partial charge is 0.507 e. The number of aromatic nitrogens is 1. The van der Waals surface area contributed by atoms with Gasteiger partial charge in [0.1, 0.15) is 34.5 Å². The smallest absolute Gasteiger partial charge is 0.312 e. The van der Waals surface area contributed by atoms with Crippen LogP contribution in [0.25, 0.3) is 33.0 Å². The molecule has 0 saturated heterocycles. The van der Waals surface area contributed by atoms with Crippen LogP contribution in [0.4, 0.5) is 0 Å². The van der Waals surface area contributed by atoms with Crippen molar-refractivity contribution in [3.63, 3.8) is 0 Å². The number of aromatic hydroxyl groups is 1. The number of carbonyl (C=O) groups is 1. The molecule has 2 aromatic heterocycles. The summed E-state index contributed by atoms with van der Waals surface area (Å²) in [6.07, 6.45) is 1.13. The van der Waals surface area contributed by atoms with E-state index < -0.39 is 28.6 Å². The highest BCUT2D eigenvalue weighted by Crippen LogP contribution is 2.45. The number of hydrogen-bond donors (Lipinski definition) is 2. The van der Waals surface area contributed by atoms with Gasteiger partial charge >= 0.3 is 5.97 Å². The zero-order valence-electron chi connectivity index (χ0n) is 20.4. The molecule has 5 aromatic rings. The maximum atomic E-state index is 13.6. The van der Waals surface area contributed by atoms with Crippen LogP contribution >= 0.6 is 0 Å². The molecular formula is C29H19NO9. The normalized spacial score (nSPS) is 15.8. The highest BCUT2D eigenvalue weighted by molar-refractivity contribution is 5.94. The second kappa shape index (κ2) is 8.38. The lowest BCUT2D eigenvalue weighted by atomic mass is 9.85. The first kappa shape index (κ1) is 22.9. The molecule has 0 radical (unpaired) electrons. The van der Waals surface area contributed by atoms with E-state index in [1.54, 1.807) is 49.6 Å². The number of H-pyrrole nitrogens is 1. The molecule has 10 heteroatoms. The average Bonchev–Trinajstić information content (AvgIpc) is 3.38. The molecule has 0 unspecified atom stereocenters. The van der Waals surface area contributed by atoms with Gasteiger partial charge in [-0.3, -0.25) is 14.4 Å². The maximum Gasteiger partial charge on any atom is 0.312 e. The van der Waals surface area contributed by atoms with Gasteiger partial charge < -0.3 is 33.5 Å². The number of phenols is 1. The highest BCUT2D eigenvalue weighted by Gasteiger charge is 2.35. The summed E-state index contributed by atoms with van der Waals surface area (Å²) in [5, 5.41) is 11.4. The molecule has 0 saturated carbocycles. The molecule has 10 nitrogen and oxygen atoms in total. The Bertz CT molecular complexity index is 1950. The Labute approximate surface area is 218 Å². The van der Waals surface area contributed by atoms with Crippen LogP contribution in [0, 0.1) is 0 Å². The summed E-state index contributed by atoms with van der Waals surface area (Å²) in [6, 6.07) is 13.1. The van der Waals surface area contributed by atoms with Crippen molar-refractivity contribution in [3.8, 4) is 39.9 Å². The van der Waals surface area contributed by atoms with Gasteiger partial charge in [0.15, 0.2) is 11.5 Å². The second-order valence-corrected chi connectivity index (χ2v) is 9.30. The molecule has 4 heterocycles. The molecule has 0 spiro atoms. The minimum absolute atomic E-state index is 0.0202. The van der Waals surface area contributed by atoms with Crippen LogP contribution in [0.2, 0.25) is 0 Å². The molecule has 1 atom stereocenters. The van der Waals surface area contributed by atoms with Gasteiger partial charge in [0.05, 0.1) is 24.6 Å². The molecule has 0 bridgehead atoms. The van der Waals surface area contributed by atoms with Gasteiger partial charge in [0, 0.05) is 34.6 Å². The number of carbonyl (C=O) groups excluding carboxylic acids is 1. The summed E-state index contributed by atoms with van der Waals surface area (Å²) >= 11 is 0. The number of ether oxygens (including phenoxy) is 4. The van der Waals surface area contributed by atoms with Gasteiger partial charge in [-0.15, -0.1) is 0 Å². The minimum Gasteiger partial charge on any atom is -0.507 e. The van der Waals surface area contributed by atoms with Crippen molar-refractivity contribution < 1.29 is 33.3 Å². The molecule has 0 fully saturated rings. The Morgan fingerprint density at radius 1 is 0.974 bits per heavy atom. The van der Waals surface area contributed by atoms with Crippen LogP contribution in [0.5, 0.6) is 28.7 Å². The standard InChI is InChI=1S/C29H19NO9/c1-35-15-4-2-13(3-5-15)18-11-36-28-25-16(8-24(32)39-23(25)10-20(31)26(28)27(18)33)17-6-14-7-21-22(38-12-37-21)9-19(14)30-29(17)34/h2-7,9-11,16,31H,8,12H2,1H3,(H,30,34)/t16-/m1/s1. The summed E-state index contributed by atoms with van der Waals surface area (Å²) in [6.45, 7) is 0.0810. The monoisotopic (exact) mass is 525 g/mol. The SMILES string of the molecule is COc1ccc(-c2coc3c4c(cc(O)c3c2=O)OC(=O)C[C@@H]4c2cc3cc4c(cc3[nH]c2=O)OCO4)cc1. The first-order chi connectivity index (χ1) is 18.9. The van der Waals surface area contributed by atoms with Crippen molar-refractivity contribution >= 4 is 27.8 Å². The van der Waals surface area contributed by atoms with Crippen molar-refractivity contribution in [3.05, 3.63) is 86.5 Å². The number of aromatic amines is 1. The molecule has 2 aliphatic rings. The number of phenolic OH excluding ortho intramolecular Hbond substituents is 1. The van der Waals surface area contributed by atoms with Crippen LogP contribution in [0.3, 0.4) is 0 Å². The van der Waals surface area contributed by atoms with Crippen molar-refractivity contribution in [1.29, 1.82) is 0 Å². The van der Waals surface area contributed by atoms with Gasteiger partial charge in [0.25, 0.3) is 5.56 Å². The number of nitrogens with one attached hydrogen (secondary N) is 1. The molecule has 194 valence electrons. The zero-order chi connectivity index (χ0) is 26.8. The summed E-state index contributed by atoms with van der Waals surface area (Å²) < 4.78 is 27.4. The molecular weight excluding hydrogens is 506 g/mol. The van der Waals surface area contributed by atoms with Crippen LogP contribution in [-0.2, 0) is 4.79 Å². The van der Waals surface area contributed by atoms with E-state index in [2.05, 4.69) is 4.98 Å². The third-order valence-electron chi connectivity index (χ3n) is 7.11. The Hall–Kier alpha value is -5.25. The summed E-state index contributed by atoms with van der Waals surface area (Å²) in [5.41, 5.74) is 1.07. The van der Waals surface area contributed by atoms with Gasteiger partial charge in [-0.1, -0.05) is 12.1 Å². The number of rotatable bonds is 3. The molecule has 39 heavy (non-hydrogen) atoms. The molecule has 3 aromatic carbocycles. The number of pyridine rings is 1. The topological polar surface area (TPSA) is 137 Å².